The van der Waals surface area contributed by atoms with Crippen molar-refractivity contribution in [2.24, 2.45) is 0 Å². The quantitative estimate of drug-likeness (QED) is 0.626. The van der Waals surface area contributed by atoms with Crippen molar-refractivity contribution in [3.05, 3.63) is 65.6 Å². The normalized spacial score (nSPS) is 15.0. The topological polar surface area (TPSA) is 71.5 Å². The molecule has 2 rings (SSSR count). The molecule has 0 aliphatic heterocycles. The molecule has 1 aromatic rings. The third kappa shape index (κ3) is 2.54. The molecule has 5 nitrogen and oxygen atoms in total. The smallest absolute Gasteiger partial charge is 0.203 e. The first-order chi connectivity index (χ1) is 9.37. The van der Waals surface area contributed by atoms with Crippen LogP contribution >= 0.6 is 0 Å². The molecule has 0 unspecified atom stereocenters. The van der Waals surface area contributed by atoms with E-state index in [1.165, 1.54) is 30.4 Å². The van der Waals surface area contributed by atoms with Gasteiger partial charge >= 0.3 is 10.0 Å². The maximum Gasteiger partial charge on any atom is 0.308 e. The Hall–Kier alpha value is -1.86. The molecule has 0 saturated carbocycles. The van der Waals surface area contributed by atoms with Crippen LogP contribution in [0.25, 0.3) is 0 Å². The van der Waals surface area contributed by atoms with Crippen molar-refractivity contribution in [2.75, 3.05) is 0 Å². The highest BCUT2D eigenvalue weighted by molar-refractivity contribution is 8.05. The van der Waals surface area contributed by atoms with Gasteiger partial charge in [0.05, 0.1) is 21.0 Å². The second kappa shape index (κ2) is 5.26. The van der Waals surface area contributed by atoms with Crippen LogP contribution in [0.5, 0.6) is 0 Å². The monoisotopic (exact) mass is 314 g/mol. The minimum absolute atomic E-state index is 0.450. The molecule has 1 aromatic carbocycles. The predicted octanol–water partition coefficient (Wildman–Crippen LogP) is 1.70. The lowest BCUT2D eigenvalue weighted by molar-refractivity contribution is 0.252. The van der Waals surface area contributed by atoms with Crippen LogP contribution in [-0.2, 0) is 20.0 Å². The van der Waals surface area contributed by atoms with Gasteiger partial charge in [-0.25, -0.2) is 16.8 Å². The van der Waals surface area contributed by atoms with E-state index >= 15 is 0 Å². The van der Waals surface area contributed by atoms with Crippen LogP contribution in [0.1, 0.15) is 0 Å². The molecular formula is C12H9FNO4S2+. The molecule has 0 radical (unpaired) electrons. The lowest BCUT2D eigenvalue weighted by Gasteiger charge is -2.11. The van der Waals surface area contributed by atoms with Crippen LogP contribution in [-0.4, -0.2) is 20.8 Å². The Bertz CT molecular complexity index is 793. The number of benzene rings is 1. The fourth-order valence-corrected chi connectivity index (χ4v) is 4.29. The number of rotatable bonds is 4. The van der Waals surface area contributed by atoms with Gasteiger partial charge in [-0.2, -0.15) is 0 Å². The zero-order valence-electron chi connectivity index (χ0n) is 9.97. The van der Waals surface area contributed by atoms with E-state index in [4.69, 9.17) is 0 Å². The summed E-state index contributed by atoms with van der Waals surface area (Å²) in [7, 11) is -9.56. The van der Waals surface area contributed by atoms with Gasteiger partial charge in [0.1, 0.15) is 12.2 Å². The maximum atomic E-state index is 14.0. The average molecular weight is 314 g/mol. The maximum absolute atomic E-state index is 14.0. The van der Waals surface area contributed by atoms with Crippen molar-refractivity contribution >= 4 is 20.0 Å². The molecule has 0 N–H and O–H groups in total. The van der Waals surface area contributed by atoms with Gasteiger partial charge in [-0.3, -0.25) is 0 Å². The summed E-state index contributed by atoms with van der Waals surface area (Å²) in [6.45, 7) is 0. The van der Waals surface area contributed by atoms with Gasteiger partial charge in [-0.05, 0) is 12.1 Å². The molecule has 1 aliphatic rings. The first-order valence-electron chi connectivity index (χ1n) is 5.34. The second-order valence-electron chi connectivity index (χ2n) is 3.71. The Morgan fingerprint density at radius 2 is 1.65 bits per heavy atom. The molecule has 8 heteroatoms. The fraction of sp³-hybridized carbons (Fsp3) is 0. The van der Waals surface area contributed by atoms with Gasteiger partial charge in [0, 0.05) is 6.08 Å². The summed E-state index contributed by atoms with van der Waals surface area (Å²) in [5, 5.41) is 0. The van der Waals surface area contributed by atoms with Crippen molar-refractivity contribution in [1.29, 1.82) is 0 Å². The SMILES string of the molecule is O=S(=O)(C1=CC=[C+]C=C1)N(F)S(=O)(=O)c1ccccc1. The van der Waals surface area contributed by atoms with E-state index in [-0.39, 0.29) is 0 Å². The molecule has 20 heavy (non-hydrogen) atoms. The van der Waals surface area contributed by atoms with E-state index in [1.54, 1.807) is 0 Å². The van der Waals surface area contributed by atoms with E-state index in [2.05, 4.69) is 6.08 Å². The third-order valence-electron chi connectivity index (χ3n) is 2.40. The number of sulfonamides is 2. The van der Waals surface area contributed by atoms with Crippen molar-refractivity contribution < 1.29 is 21.3 Å². The fourth-order valence-electron chi connectivity index (χ4n) is 1.43. The van der Waals surface area contributed by atoms with Gasteiger partial charge in [-0.1, -0.05) is 18.2 Å². The minimum Gasteiger partial charge on any atom is -0.203 e. The summed E-state index contributed by atoms with van der Waals surface area (Å²) in [4.78, 5) is -0.924. The van der Waals surface area contributed by atoms with Crippen molar-refractivity contribution in [1.82, 2.24) is 3.93 Å². The number of nitrogens with zero attached hydrogens (tertiary/aromatic N) is 1. The Kier molecular flexibility index (Phi) is 3.82. The molecule has 0 heterocycles. The molecule has 0 atom stereocenters. The largest absolute Gasteiger partial charge is 0.308 e. The zero-order chi connectivity index (χ0) is 14.8. The number of hydrogen-bond acceptors (Lipinski definition) is 4. The highest BCUT2D eigenvalue weighted by Crippen LogP contribution is 2.25. The molecule has 0 aromatic heterocycles. The molecular weight excluding hydrogens is 305 g/mol. The predicted molar refractivity (Wildman–Crippen MR) is 70.5 cm³/mol. The summed E-state index contributed by atoms with van der Waals surface area (Å²) in [6, 6.07) is 6.48. The lowest BCUT2D eigenvalue weighted by atomic mass is 10.3. The standard InChI is InChI=1S/C12H9FNO4S2/c13-14(19(15,16)11-7-3-1-4-8-11)20(17,18)12-9-5-2-6-10-12/h1,3-10H/q+1. The Morgan fingerprint density at radius 1 is 1.00 bits per heavy atom. The van der Waals surface area contributed by atoms with Crippen molar-refractivity contribution in [3.63, 3.8) is 0 Å². The van der Waals surface area contributed by atoms with Gasteiger partial charge in [0.2, 0.25) is 0 Å². The van der Waals surface area contributed by atoms with Gasteiger partial charge in [0.15, 0.2) is 4.91 Å². The van der Waals surface area contributed by atoms with Crippen molar-refractivity contribution in [2.45, 2.75) is 4.90 Å². The Morgan fingerprint density at radius 3 is 2.20 bits per heavy atom. The first-order valence-corrected chi connectivity index (χ1v) is 8.22. The number of hydrogen-bond donors (Lipinski definition) is 0. The zero-order valence-corrected chi connectivity index (χ0v) is 11.6. The summed E-state index contributed by atoms with van der Waals surface area (Å²) in [6.07, 6.45) is 7.17. The van der Waals surface area contributed by atoms with E-state index in [1.807, 2.05) is 0 Å². The van der Waals surface area contributed by atoms with Crippen LogP contribution in [0, 0.1) is 6.08 Å². The highest BCUT2D eigenvalue weighted by Gasteiger charge is 2.40. The van der Waals surface area contributed by atoms with E-state index < -0.39 is 33.8 Å². The summed E-state index contributed by atoms with van der Waals surface area (Å²) in [5.74, 6) is 0. The third-order valence-corrected chi connectivity index (χ3v) is 6.07. The van der Waals surface area contributed by atoms with Crippen LogP contribution in [0.3, 0.4) is 0 Å². The second-order valence-corrected chi connectivity index (χ2v) is 7.43. The van der Waals surface area contributed by atoms with Crippen LogP contribution < -0.4 is 0 Å². The van der Waals surface area contributed by atoms with Gasteiger partial charge in [0.25, 0.3) is 10.0 Å². The van der Waals surface area contributed by atoms with Gasteiger partial charge in [-0.15, -0.1) is 4.48 Å². The number of halogens is 1. The van der Waals surface area contributed by atoms with Gasteiger partial charge < -0.3 is 0 Å². The van der Waals surface area contributed by atoms with Crippen LogP contribution in [0.4, 0.5) is 4.48 Å². The lowest BCUT2D eigenvalue weighted by Crippen LogP contribution is -2.30. The van der Waals surface area contributed by atoms with Crippen LogP contribution in [0.2, 0.25) is 0 Å². The molecule has 1 aliphatic carbocycles. The minimum atomic E-state index is -4.79. The molecule has 0 fully saturated rings. The summed E-state index contributed by atoms with van der Waals surface area (Å²) in [5.41, 5.74) is 0. The number of allylic oxidation sites excluding steroid dienone is 5. The average Bonchev–Trinajstić information content (AvgIpc) is 2.48. The first kappa shape index (κ1) is 14.5. The molecule has 0 bridgehead atoms. The Balaban J connectivity index is 2.46. The highest BCUT2D eigenvalue weighted by atomic mass is 32.3. The summed E-state index contributed by atoms with van der Waals surface area (Å²) >= 11 is 0. The van der Waals surface area contributed by atoms with E-state index in [9.17, 15) is 21.3 Å². The molecule has 0 saturated heterocycles. The molecule has 0 amide bonds. The summed E-state index contributed by atoms with van der Waals surface area (Å²) < 4.78 is 60.5. The van der Waals surface area contributed by atoms with E-state index in [0.29, 0.717) is 0 Å². The van der Waals surface area contributed by atoms with Crippen LogP contribution in [0.15, 0.2) is 64.4 Å². The molecule has 0 spiro atoms. The molecule has 104 valence electrons. The van der Waals surface area contributed by atoms with E-state index in [0.717, 1.165) is 24.3 Å². The Labute approximate surface area is 116 Å². The van der Waals surface area contributed by atoms with Crippen molar-refractivity contribution in [3.8, 4) is 0 Å².